The van der Waals surface area contributed by atoms with E-state index in [2.05, 4.69) is 15.6 Å². The van der Waals surface area contributed by atoms with E-state index in [9.17, 15) is 9.59 Å². The van der Waals surface area contributed by atoms with Crippen molar-refractivity contribution in [2.45, 2.75) is 60.1 Å². The van der Waals surface area contributed by atoms with Crippen LogP contribution in [0, 0.1) is 20.8 Å². The molecule has 0 bridgehead atoms. The molecule has 0 fully saturated rings. The molecule has 8 nitrogen and oxygen atoms in total. The Hall–Kier alpha value is -3.36. The maximum absolute atomic E-state index is 12.3. The number of hydrogen-bond acceptors (Lipinski definition) is 7. The van der Waals surface area contributed by atoms with Gasteiger partial charge in [-0.3, -0.25) is 4.79 Å². The summed E-state index contributed by atoms with van der Waals surface area (Å²) in [6, 6.07) is 11.3. The predicted molar refractivity (Wildman–Crippen MR) is 147 cm³/mol. The molecule has 0 aliphatic heterocycles. The average Bonchev–Trinajstić information content (AvgIpc) is 3.22. The fraction of sp³-hybridized carbons (Fsp3) is 0.414. The Morgan fingerprint density at radius 3 is 2.47 bits per heavy atom. The van der Waals surface area contributed by atoms with Gasteiger partial charge >= 0.3 is 5.97 Å². The minimum absolute atomic E-state index is 0.106. The molecular formula is C29H36ClN3O5. The normalized spacial score (nSPS) is 11.3. The summed E-state index contributed by atoms with van der Waals surface area (Å²) in [5.74, 6) is 1.38. The van der Waals surface area contributed by atoms with Crippen molar-refractivity contribution in [2.24, 2.45) is 0 Å². The van der Waals surface area contributed by atoms with Crippen molar-refractivity contribution in [3.05, 3.63) is 69.6 Å². The Balaban J connectivity index is 1.46. The van der Waals surface area contributed by atoms with Gasteiger partial charge in [0.1, 0.15) is 11.5 Å². The standard InChI is InChI=1S/C29H36ClN3O5/c1-7-36-28(35)29(5,6)38-26-18(2)13-21(14-19(26)3)16-31-17-25(34)32-12-11-24-20(4)37-27(33-24)22-9-8-10-23(30)15-22/h8-10,13-15,31H,7,11-12,16-17H2,1-6H3,(H,32,34). The van der Waals surface area contributed by atoms with E-state index in [1.54, 1.807) is 32.9 Å². The van der Waals surface area contributed by atoms with E-state index >= 15 is 0 Å². The van der Waals surface area contributed by atoms with Gasteiger partial charge in [0.25, 0.3) is 0 Å². The molecule has 0 saturated heterocycles. The van der Waals surface area contributed by atoms with Crippen LogP contribution < -0.4 is 15.4 Å². The first kappa shape index (κ1) is 29.2. The summed E-state index contributed by atoms with van der Waals surface area (Å²) in [4.78, 5) is 29.1. The first-order valence-electron chi connectivity index (χ1n) is 12.7. The Kier molecular flexibility index (Phi) is 9.94. The van der Waals surface area contributed by atoms with E-state index in [0.29, 0.717) is 42.8 Å². The van der Waals surface area contributed by atoms with Crippen LogP contribution in [0.3, 0.4) is 0 Å². The fourth-order valence-corrected chi connectivity index (χ4v) is 4.20. The predicted octanol–water partition coefficient (Wildman–Crippen LogP) is 5.09. The summed E-state index contributed by atoms with van der Waals surface area (Å²) in [5.41, 5.74) is 3.35. The van der Waals surface area contributed by atoms with E-state index < -0.39 is 11.6 Å². The van der Waals surface area contributed by atoms with Crippen LogP contribution in [0.4, 0.5) is 0 Å². The maximum Gasteiger partial charge on any atom is 0.349 e. The van der Waals surface area contributed by atoms with Crippen LogP contribution in [0.2, 0.25) is 5.02 Å². The van der Waals surface area contributed by atoms with Crippen molar-refractivity contribution < 1.29 is 23.5 Å². The molecule has 204 valence electrons. The van der Waals surface area contributed by atoms with Gasteiger partial charge in [-0.25, -0.2) is 9.78 Å². The molecule has 3 aromatic rings. The lowest BCUT2D eigenvalue weighted by atomic mass is 10.0. The van der Waals surface area contributed by atoms with E-state index in [0.717, 1.165) is 33.7 Å². The number of carbonyl (C=O) groups is 2. The molecule has 2 N–H and O–H groups in total. The third kappa shape index (κ3) is 7.82. The highest BCUT2D eigenvalue weighted by molar-refractivity contribution is 6.30. The number of halogens is 1. The summed E-state index contributed by atoms with van der Waals surface area (Å²) in [6.07, 6.45) is 0.559. The van der Waals surface area contributed by atoms with E-state index in [4.69, 9.17) is 25.5 Å². The Labute approximate surface area is 229 Å². The van der Waals surface area contributed by atoms with Gasteiger partial charge in [-0.1, -0.05) is 29.8 Å². The number of amides is 1. The number of nitrogens with one attached hydrogen (secondary N) is 2. The number of ether oxygens (including phenoxy) is 2. The molecule has 2 aromatic carbocycles. The van der Waals surface area contributed by atoms with Crippen molar-refractivity contribution in [3.8, 4) is 17.2 Å². The van der Waals surface area contributed by atoms with E-state index in [-0.39, 0.29) is 12.5 Å². The molecule has 9 heteroatoms. The summed E-state index contributed by atoms with van der Waals surface area (Å²) in [6.45, 7) is 12.3. The Morgan fingerprint density at radius 1 is 1.11 bits per heavy atom. The van der Waals surface area contributed by atoms with Crippen LogP contribution >= 0.6 is 11.6 Å². The lowest BCUT2D eigenvalue weighted by molar-refractivity contribution is -0.158. The third-order valence-electron chi connectivity index (χ3n) is 5.91. The van der Waals surface area contributed by atoms with Crippen molar-refractivity contribution in [1.29, 1.82) is 0 Å². The molecule has 38 heavy (non-hydrogen) atoms. The summed E-state index contributed by atoms with van der Waals surface area (Å²) < 4.78 is 16.9. The second-order valence-corrected chi connectivity index (χ2v) is 10.1. The van der Waals surface area contributed by atoms with Gasteiger partial charge in [0.15, 0.2) is 5.60 Å². The largest absolute Gasteiger partial charge is 0.476 e. The molecule has 0 radical (unpaired) electrons. The van der Waals surface area contributed by atoms with E-state index in [1.807, 2.05) is 45.0 Å². The first-order valence-corrected chi connectivity index (χ1v) is 13.0. The minimum atomic E-state index is -1.09. The number of carbonyl (C=O) groups excluding carboxylic acids is 2. The smallest absolute Gasteiger partial charge is 0.349 e. The van der Waals surface area contributed by atoms with Crippen molar-refractivity contribution in [3.63, 3.8) is 0 Å². The number of esters is 1. The number of hydrogen-bond donors (Lipinski definition) is 2. The lowest BCUT2D eigenvalue weighted by Gasteiger charge is -2.26. The lowest BCUT2D eigenvalue weighted by Crippen LogP contribution is -2.40. The van der Waals surface area contributed by atoms with Gasteiger partial charge in [0, 0.05) is 30.1 Å². The molecule has 0 atom stereocenters. The van der Waals surface area contributed by atoms with Crippen LogP contribution in [0.25, 0.3) is 11.5 Å². The molecule has 0 aliphatic rings. The molecule has 0 unspecified atom stereocenters. The average molecular weight is 542 g/mol. The van der Waals surface area contributed by atoms with Crippen molar-refractivity contribution in [1.82, 2.24) is 15.6 Å². The topological polar surface area (TPSA) is 103 Å². The number of oxazole rings is 1. The highest BCUT2D eigenvalue weighted by atomic mass is 35.5. The highest BCUT2D eigenvalue weighted by Gasteiger charge is 2.32. The number of rotatable bonds is 12. The Bertz CT molecular complexity index is 1260. The zero-order chi connectivity index (χ0) is 27.9. The van der Waals surface area contributed by atoms with Crippen molar-refractivity contribution in [2.75, 3.05) is 19.7 Å². The number of aromatic nitrogens is 1. The van der Waals surface area contributed by atoms with Gasteiger partial charge in [-0.2, -0.15) is 0 Å². The van der Waals surface area contributed by atoms with Gasteiger partial charge in [-0.15, -0.1) is 0 Å². The van der Waals surface area contributed by atoms with Crippen LogP contribution in [-0.2, 0) is 27.3 Å². The number of aryl methyl sites for hydroxylation is 3. The highest BCUT2D eigenvalue weighted by Crippen LogP contribution is 2.29. The zero-order valence-corrected chi connectivity index (χ0v) is 23.6. The summed E-state index contributed by atoms with van der Waals surface area (Å²) in [5, 5.41) is 6.71. The van der Waals surface area contributed by atoms with Crippen molar-refractivity contribution >= 4 is 23.5 Å². The summed E-state index contributed by atoms with van der Waals surface area (Å²) >= 11 is 6.06. The molecule has 1 amide bonds. The van der Waals surface area contributed by atoms with Gasteiger partial charge in [0.05, 0.1) is 18.8 Å². The monoisotopic (exact) mass is 541 g/mol. The molecule has 3 rings (SSSR count). The number of nitrogens with zero attached hydrogens (tertiary/aromatic N) is 1. The molecular weight excluding hydrogens is 506 g/mol. The fourth-order valence-electron chi connectivity index (χ4n) is 4.01. The third-order valence-corrected chi connectivity index (χ3v) is 6.14. The summed E-state index contributed by atoms with van der Waals surface area (Å²) in [7, 11) is 0. The van der Waals surface area contributed by atoms with E-state index in [1.165, 1.54) is 0 Å². The second-order valence-electron chi connectivity index (χ2n) is 9.63. The Morgan fingerprint density at radius 2 is 1.82 bits per heavy atom. The van der Waals surface area contributed by atoms with Gasteiger partial charge < -0.3 is 24.5 Å². The molecule has 0 spiro atoms. The van der Waals surface area contributed by atoms with Gasteiger partial charge in [-0.05, 0) is 76.4 Å². The van der Waals surface area contributed by atoms with Crippen LogP contribution in [0.5, 0.6) is 5.75 Å². The minimum Gasteiger partial charge on any atom is -0.476 e. The quantitative estimate of drug-likeness (QED) is 0.308. The molecule has 1 heterocycles. The number of benzene rings is 2. The second kappa shape index (κ2) is 12.9. The van der Waals surface area contributed by atoms with Crippen LogP contribution in [-0.4, -0.2) is 42.2 Å². The molecule has 0 aliphatic carbocycles. The zero-order valence-electron chi connectivity index (χ0n) is 22.9. The van der Waals surface area contributed by atoms with Crippen LogP contribution in [0.1, 0.15) is 48.9 Å². The molecule has 1 aromatic heterocycles. The first-order chi connectivity index (χ1) is 18.0. The van der Waals surface area contributed by atoms with Crippen LogP contribution in [0.15, 0.2) is 40.8 Å². The maximum atomic E-state index is 12.3. The van der Waals surface area contributed by atoms with Gasteiger partial charge in [0.2, 0.25) is 11.8 Å². The SMILES string of the molecule is CCOC(=O)C(C)(C)Oc1c(C)cc(CNCC(=O)NCCc2nc(-c3cccc(Cl)c3)oc2C)cc1C. The molecule has 0 saturated carbocycles.